The first-order valence-electron chi connectivity index (χ1n) is 6.34. The molecular weight excluding hydrogens is 334 g/mol. The maximum absolute atomic E-state index is 6.06. The molecule has 3 aromatic rings. The van der Waals surface area contributed by atoms with Crippen LogP contribution >= 0.6 is 27.3 Å². The summed E-state index contributed by atoms with van der Waals surface area (Å²) in [4.78, 5) is 5.73. The highest BCUT2D eigenvalue weighted by Gasteiger charge is 2.07. The molecule has 1 aromatic carbocycles. The van der Waals surface area contributed by atoms with Crippen LogP contribution in [0.4, 0.5) is 11.4 Å². The van der Waals surface area contributed by atoms with E-state index >= 15 is 0 Å². The number of nitrogen functional groups attached to an aromatic ring is 1. The molecule has 0 aliphatic rings. The van der Waals surface area contributed by atoms with Crippen LogP contribution in [0.3, 0.4) is 0 Å². The first-order valence-corrected chi connectivity index (χ1v) is 8.01. The Labute approximate surface area is 130 Å². The molecule has 0 amide bonds. The molecule has 0 atom stereocenters. The first kappa shape index (κ1) is 13.4. The predicted octanol–water partition coefficient (Wildman–Crippen LogP) is 4.30. The normalized spacial score (nSPS) is 10.8. The smallest absolute Gasteiger partial charge is 0.0743 e. The molecule has 102 valence electrons. The number of hydrogen-bond donors (Lipinski definition) is 2. The van der Waals surface area contributed by atoms with Crippen LogP contribution in [0.5, 0.6) is 0 Å². The Bertz CT molecular complexity index is 720. The monoisotopic (exact) mass is 347 g/mol. The van der Waals surface area contributed by atoms with E-state index in [2.05, 4.69) is 43.7 Å². The number of anilines is 2. The Morgan fingerprint density at radius 2 is 2.20 bits per heavy atom. The summed E-state index contributed by atoms with van der Waals surface area (Å²) in [7, 11) is 0. The number of rotatable bonds is 4. The number of nitrogens with zero attached hydrogens (tertiary/aromatic N) is 1. The summed E-state index contributed by atoms with van der Waals surface area (Å²) in [6.45, 7) is 0.857. The lowest BCUT2D eigenvalue weighted by molar-refractivity contribution is 1.05. The summed E-state index contributed by atoms with van der Waals surface area (Å²) in [6.07, 6.45) is 2.71. The van der Waals surface area contributed by atoms with Gasteiger partial charge < -0.3 is 11.1 Å². The molecule has 2 aromatic heterocycles. The lowest BCUT2D eigenvalue weighted by atomic mass is 10.1. The van der Waals surface area contributed by atoms with E-state index in [4.69, 9.17) is 5.73 Å². The van der Waals surface area contributed by atoms with Crippen molar-refractivity contribution in [2.45, 2.75) is 6.42 Å². The number of hydrogen-bond acceptors (Lipinski definition) is 4. The molecule has 0 aliphatic heterocycles. The van der Waals surface area contributed by atoms with Gasteiger partial charge in [0.1, 0.15) is 0 Å². The number of nitrogens with one attached hydrogen (secondary N) is 1. The zero-order valence-corrected chi connectivity index (χ0v) is 13.2. The summed E-state index contributed by atoms with van der Waals surface area (Å²) >= 11 is 5.27. The Balaban J connectivity index is 1.86. The summed E-state index contributed by atoms with van der Waals surface area (Å²) < 4.78 is 1.03. The number of halogens is 1. The van der Waals surface area contributed by atoms with E-state index < -0.39 is 0 Å². The van der Waals surface area contributed by atoms with E-state index in [1.165, 1.54) is 4.88 Å². The average molecular weight is 348 g/mol. The average Bonchev–Trinajstić information content (AvgIpc) is 2.94. The molecule has 0 radical (unpaired) electrons. The van der Waals surface area contributed by atoms with Crippen LogP contribution < -0.4 is 11.1 Å². The highest BCUT2D eigenvalue weighted by atomic mass is 79.9. The van der Waals surface area contributed by atoms with Crippen molar-refractivity contribution in [2.75, 3.05) is 17.6 Å². The van der Waals surface area contributed by atoms with Gasteiger partial charge in [0.05, 0.1) is 23.1 Å². The molecule has 3 N–H and O–H groups in total. The fourth-order valence-electron chi connectivity index (χ4n) is 2.14. The molecule has 0 saturated carbocycles. The fraction of sp³-hybridized carbons (Fsp3) is 0.133. The van der Waals surface area contributed by atoms with Crippen LogP contribution in [0, 0.1) is 0 Å². The van der Waals surface area contributed by atoms with Gasteiger partial charge in [0.25, 0.3) is 0 Å². The minimum atomic E-state index is 0.682. The van der Waals surface area contributed by atoms with Crippen LogP contribution in [0.15, 0.2) is 46.4 Å². The van der Waals surface area contributed by atoms with Crippen molar-refractivity contribution < 1.29 is 0 Å². The first-order chi connectivity index (χ1) is 9.74. The van der Waals surface area contributed by atoms with Gasteiger partial charge in [-0.3, -0.25) is 4.98 Å². The van der Waals surface area contributed by atoms with Gasteiger partial charge in [0.15, 0.2) is 0 Å². The molecule has 0 bridgehead atoms. The minimum Gasteiger partial charge on any atom is -0.396 e. The van der Waals surface area contributed by atoms with Crippen molar-refractivity contribution in [3.8, 4) is 0 Å². The SMILES string of the molecule is Nc1cnc2ccc(Br)cc2c1NCCc1cccs1. The largest absolute Gasteiger partial charge is 0.396 e. The molecule has 0 unspecified atom stereocenters. The number of thiophene rings is 1. The van der Waals surface area contributed by atoms with Crippen LogP contribution in [0.25, 0.3) is 10.9 Å². The quantitative estimate of drug-likeness (QED) is 0.739. The minimum absolute atomic E-state index is 0.682. The maximum Gasteiger partial charge on any atom is 0.0743 e. The summed E-state index contributed by atoms with van der Waals surface area (Å²) in [6, 6.07) is 10.3. The Morgan fingerprint density at radius 1 is 1.30 bits per heavy atom. The molecule has 2 heterocycles. The Kier molecular flexibility index (Phi) is 3.89. The molecule has 20 heavy (non-hydrogen) atoms. The van der Waals surface area contributed by atoms with Gasteiger partial charge >= 0.3 is 0 Å². The van der Waals surface area contributed by atoms with Gasteiger partial charge in [-0.25, -0.2) is 0 Å². The van der Waals surface area contributed by atoms with Gasteiger partial charge in [0.2, 0.25) is 0 Å². The van der Waals surface area contributed by atoms with Crippen LogP contribution in [0.1, 0.15) is 4.88 Å². The molecule has 0 spiro atoms. The highest BCUT2D eigenvalue weighted by Crippen LogP contribution is 2.30. The van der Waals surface area contributed by atoms with Crippen LogP contribution in [0.2, 0.25) is 0 Å². The third-order valence-corrected chi connectivity index (χ3v) is 4.54. The second-order valence-corrected chi connectivity index (χ2v) is 6.45. The van der Waals surface area contributed by atoms with Crippen molar-refractivity contribution >= 4 is 49.5 Å². The summed E-state index contributed by atoms with van der Waals surface area (Å²) in [5, 5.41) is 6.59. The van der Waals surface area contributed by atoms with Gasteiger partial charge in [0, 0.05) is 21.3 Å². The van der Waals surface area contributed by atoms with Gasteiger partial charge in [-0.1, -0.05) is 22.0 Å². The number of fused-ring (bicyclic) bond motifs is 1. The van der Waals surface area contributed by atoms with Gasteiger partial charge in [-0.15, -0.1) is 11.3 Å². The zero-order valence-electron chi connectivity index (χ0n) is 10.8. The van der Waals surface area contributed by atoms with Crippen molar-refractivity contribution in [3.05, 3.63) is 51.3 Å². The number of aromatic nitrogens is 1. The van der Waals surface area contributed by atoms with E-state index in [1.807, 2.05) is 18.2 Å². The van der Waals surface area contributed by atoms with E-state index in [0.717, 1.165) is 34.0 Å². The van der Waals surface area contributed by atoms with Crippen molar-refractivity contribution in [1.29, 1.82) is 0 Å². The van der Waals surface area contributed by atoms with Crippen molar-refractivity contribution in [1.82, 2.24) is 4.98 Å². The second kappa shape index (κ2) is 5.81. The molecule has 0 fully saturated rings. The van der Waals surface area contributed by atoms with Crippen LogP contribution in [-0.4, -0.2) is 11.5 Å². The fourth-order valence-corrected chi connectivity index (χ4v) is 3.21. The molecule has 3 rings (SSSR count). The van der Waals surface area contributed by atoms with E-state index in [1.54, 1.807) is 17.5 Å². The highest BCUT2D eigenvalue weighted by molar-refractivity contribution is 9.10. The Hall–Kier alpha value is -1.59. The third kappa shape index (κ3) is 2.78. The molecule has 3 nitrogen and oxygen atoms in total. The van der Waals surface area contributed by atoms with Crippen molar-refractivity contribution in [3.63, 3.8) is 0 Å². The topological polar surface area (TPSA) is 50.9 Å². The van der Waals surface area contributed by atoms with E-state index in [0.29, 0.717) is 5.69 Å². The number of pyridine rings is 1. The molecule has 0 aliphatic carbocycles. The molecule has 5 heteroatoms. The lowest BCUT2D eigenvalue weighted by Crippen LogP contribution is -2.07. The number of benzene rings is 1. The van der Waals surface area contributed by atoms with Gasteiger partial charge in [-0.05, 0) is 36.1 Å². The predicted molar refractivity (Wildman–Crippen MR) is 90.4 cm³/mol. The summed E-state index contributed by atoms with van der Waals surface area (Å²) in [5.41, 5.74) is 8.65. The maximum atomic E-state index is 6.06. The number of nitrogens with two attached hydrogens (primary N) is 1. The second-order valence-electron chi connectivity index (χ2n) is 4.51. The zero-order chi connectivity index (χ0) is 13.9. The van der Waals surface area contributed by atoms with E-state index in [9.17, 15) is 0 Å². The van der Waals surface area contributed by atoms with Crippen LogP contribution in [-0.2, 0) is 6.42 Å². The third-order valence-electron chi connectivity index (χ3n) is 3.11. The molecule has 0 saturated heterocycles. The van der Waals surface area contributed by atoms with Gasteiger partial charge in [-0.2, -0.15) is 0 Å². The Morgan fingerprint density at radius 3 is 3.00 bits per heavy atom. The van der Waals surface area contributed by atoms with E-state index in [-0.39, 0.29) is 0 Å². The standard InChI is InChI=1S/C15H14BrN3S/c16-10-3-4-14-12(8-10)15(13(17)9-19-14)18-6-5-11-2-1-7-20-11/h1-4,7-9H,5-6,17H2,(H,18,19). The molecular formula is C15H14BrN3S. The summed E-state index contributed by atoms with van der Waals surface area (Å²) in [5.74, 6) is 0. The lowest BCUT2D eigenvalue weighted by Gasteiger charge is -2.12. The van der Waals surface area contributed by atoms with Crippen molar-refractivity contribution in [2.24, 2.45) is 0 Å².